The number of allylic oxidation sites excluding steroid dienone is 4. The molecule has 0 nitrogen and oxygen atoms in total. The van der Waals surface area contributed by atoms with Crippen LogP contribution in [0.2, 0.25) is 0 Å². The van der Waals surface area contributed by atoms with Gasteiger partial charge in [0.2, 0.25) is 0 Å². The van der Waals surface area contributed by atoms with Gasteiger partial charge in [0.15, 0.2) is 0 Å². The Morgan fingerprint density at radius 2 is 1.30 bits per heavy atom. The Balaban J connectivity index is 0.000000197. The van der Waals surface area contributed by atoms with Crippen LogP contribution in [0.5, 0.6) is 0 Å². The van der Waals surface area contributed by atoms with Crippen LogP contribution in [0.1, 0.15) is 42.5 Å². The van der Waals surface area contributed by atoms with Gasteiger partial charge in [-0.1, -0.05) is 55.2 Å². The van der Waals surface area contributed by atoms with Crippen LogP contribution in [0.4, 0.5) is 0 Å². The van der Waals surface area contributed by atoms with E-state index < -0.39 is 0 Å². The first-order valence-corrected chi connectivity index (χ1v) is 13.4. The molecule has 0 amide bonds. The molecule has 186 valence electrons. The Kier molecular flexibility index (Phi) is 13.2. The number of hydrogen-bond acceptors (Lipinski definition) is 0. The minimum atomic E-state index is 0. The first-order valence-electron chi connectivity index (χ1n) is 12.2. The number of rotatable bonds is 3. The monoisotopic (exact) mass is 598 g/mol. The predicted molar refractivity (Wildman–Crippen MR) is 145 cm³/mol. The molecule has 0 N–H and O–H groups in total. The topological polar surface area (TPSA) is 0 Å². The van der Waals surface area contributed by atoms with Crippen LogP contribution < -0.4 is 24.8 Å². The van der Waals surface area contributed by atoms with Crippen LogP contribution in [-0.4, -0.2) is 3.21 Å². The molecule has 0 spiro atoms. The summed E-state index contributed by atoms with van der Waals surface area (Å²) in [5, 5.41) is 0. The predicted octanol–water partition coefficient (Wildman–Crippen LogP) is 2.20. The molecule has 0 saturated carbocycles. The smallest absolute Gasteiger partial charge is 0.0253 e. The van der Waals surface area contributed by atoms with E-state index in [9.17, 15) is 0 Å². The molecule has 0 aromatic heterocycles. The second-order valence-corrected chi connectivity index (χ2v) is 10.1. The van der Waals surface area contributed by atoms with Crippen molar-refractivity contribution in [2.45, 2.75) is 26.7 Å². The Labute approximate surface area is 249 Å². The maximum absolute atomic E-state index is 3.30. The quantitative estimate of drug-likeness (QED) is 0.279. The molecule has 0 heterocycles. The molecule has 2 aliphatic carbocycles. The Morgan fingerprint density at radius 3 is 1.84 bits per heavy atom. The Morgan fingerprint density at radius 1 is 0.730 bits per heavy atom. The average molecular weight is 601 g/mol. The third-order valence-corrected chi connectivity index (χ3v) is 7.55. The summed E-state index contributed by atoms with van der Waals surface area (Å²) in [5.41, 5.74) is 9.61. The van der Waals surface area contributed by atoms with E-state index in [0.29, 0.717) is 5.92 Å². The van der Waals surface area contributed by atoms with Crippen LogP contribution in [0.3, 0.4) is 0 Å². The fourth-order valence-corrected chi connectivity index (χ4v) is 5.01. The molecular formula is C34H30Cl2Zr-2. The van der Waals surface area contributed by atoms with Gasteiger partial charge in [-0.05, 0) is 6.42 Å². The van der Waals surface area contributed by atoms with Gasteiger partial charge in [-0.15, -0.1) is 12.0 Å². The van der Waals surface area contributed by atoms with E-state index in [1.165, 1.54) is 66.4 Å². The van der Waals surface area contributed by atoms with Crippen molar-refractivity contribution in [1.82, 2.24) is 0 Å². The van der Waals surface area contributed by atoms with Gasteiger partial charge in [0, 0.05) is 0 Å². The van der Waals surface area contributed by atoms with Gasteiger partial charge in [0.1, 0.15) is 0 Å². The summed E-state index contributed by atoms with van der Waals surface area (Å²) < 4.78 is 1.42. The SMILES string of the molecule is CC(C)C1=CC[C-]=C1.[Cl-].[Cl-].[Zr+2]=[C](c1ccccc1)c1ccccc1.[c-]1cccc2c1Cc1ccccc1-2. The van der Waals surface area contributed by atoms with E-state index in [2.05, 4.69) is 135 Å². The molecule has 0 atom stereocenters. The van der Waals surface area contributed by atoms with E-state index in [1.807, 2.05) is 6.07 Å². The summed E-state index contributed by atoms with van der Waals surface area (Å²) in [5.74, 6) is 0.685. The number of halogens is 2. The van der Waals surface area contributed by atoms with E-state index in [0.717, 1.165) is 12.8 Å². The zero-order valence-corrected chi connectivity index (χ0v) is 25.2. The van der Waals surface area contributed by atoms with Gasteiger partial charge in [0.05, 0.1) is 0 Å². The van der Waals surface area contributed by atoms with Crippen molar-refractivity contribution >= 4 is 3.21 Å². The van der Waals surface area contributed by atoms with Crippen LogP contribution in [-0.2, 0) is 30.7 Å². The molecule has 0 aliphatic heterocycles. The zero-order chi connectivity index (χ0) is 24.5. The van der Waals surface area contributed by atoms with Gasteiger partial charge in [-0.2, -0.15) is 41.5 Å². The van der Waals surface area contributed by atoms with Crippen molar-refractivity contribution in [2.75, 3.05) is 0 Å². The maximum Gasteiger partial charge on any atom is -0.0253 e. The van der Waals surface area contributed by atoms with Crippen molar-refractivity contribution in [3.63, 3.8) is 0 Å². The molecule has 0 unspecified atom stereocenters. The fraction of sp³-hybridized carbons (Fsp3) is 0.147. The summed E-state index contributed by atoms with van der Waals surface area (Å²) in [4.78, 5) is 0. The van der Waals surface area contributed by atoms with Crippen molar-refractivity contribution in [2.24, 2.45) is 5.92 Å². The van der Waals surface area contributed by atoms with Crippen molar-refractivity contribution in [1.29, 1.82) is 0 Å². The molecule has 6 rings (SSSR count). The maximum atomic E-state index is 3.30. The Hall–Kier alpha value is -2.31. The van der Waals surface area contributed by atoms with Gasteiger partial charge in [0.25, 0.3) is 0 Å². The molecule has 0 radical (unpaired) electrons. The summed E-state index contributed by atoms with van der Waals surface area (Å²) in [7, 11) is 0. The van der Waals surface area contributed by atoms with E-state index in [1.54, 1.807) is 0 Å². The van der Waals surface area contributed by atoms with Crippen molar-refractivity contribution in [3.05, 3.63) is 155 Å². The first-order chi connectivity index (χ1) is 17.1. The number of hydrogen-bond donors (Lipinski definition) is 0. The minimum Gasteiger partial charge on any atom is -0.179 e. The van der Waals surface area contributed by atoms with Crippen molar-refractivity contribution < 1.29 is 49.0 Å². The van der Waals surface area contributed by atoms with Gasteiger partial charge >= 0.3 is 99.2 Å². The second kappa shape index (κ2) is 15.8. The average Bonchev–Trinajstić information content (AvgIpc) is 3.59. The Bertz CT molecular complexity index is 1240. The first kappa shape index (κ1) is 30.9. The summed E-state index contributed by atoms with van der Waals surface area (Å²) >= 11 is 1.46. The third-order valence-electron chi connectivity index (χ3n) is 6.13. The van der Waals surface area contributed by atoms with Gasteiger partial charge < -0.3 is 24.8 Å². The summed E-state index contributed by atoms with van der Waals surface area (Å²) in [6.45, 7) is 4.41. The zero-order valence-electron chi connectivity index (χ0n) is 21.2. The van der Waals surface area contributed by atoms with Crippen LogP contribution in [0, 0.1) is 18.1 Å². The van der Waals surface area contributed by atoms with Crippen LogP contribution in [0.15, 0.2) is 121 Å². The second-order valence-electron chi connectivity index (χ2n) is 8.91. The molecule has 0 fully saturated rings. The van der Waals surface area contributed by atoms with E-state index in [-0.39, 0.29) is 24.8 Å². The van der Waals surface area contributed by atoms with Crippen molar-refractivity contribution in [3.8, 4) is 11.1 Å². The largest absolute Gasteiger partial charge is 0.179 e. The van der Waals surface area contributed by atoms with Gasteiger partial charge in [-0.3, -0.25) is 6.08 Å². The standard InChI is InChI=1S/C13H9.C13H10.C8H11.2ClH.Zr/c1-3-7-12-10(5-1)9-11-6-2-4-8-13(11)12;1-3-7-12(8-4-1)11-13-9-5-2-6-10-13;1-7(2)8-5-3-4-6-8;;;/h1-5,7-8H,9H2;1-10H;5-7H,3H2,1-2H3;2*1H;/q-1;;-1;;;+2/p-2. The molecular weight excluding hydrogens is 571 g/mol. The molecule has 2 aliphatic rings. The molecule has 3 heteroatoms. The van der Waals surface area contributed by atoms with Gasteiger partial charge in [-0.25, -0.2) is 6.08 Å². The fourth-order valence-electron chi connectivity index (χ4n) is 4.19. The molecule has 0 saturated heterocycles. The van der Waals surface area contributed by atoms with E-state index in [4.69, 9.17) is 0 Å². The molecule has 0 bridgehead atoms. The third kappa shape index (κ3) is 8.61. The molecule has 37 heavy (non-hydrogen) atoms. The number of benzene rings is 4. The summed E-state index contributed by atoms with van der Waals surface area (Å²) in [6.07, 6.45) is 9.52. The minimum absolute atomic E-state index is 0. The van der Waals surface area contributed by atoms with E-state index >= 15 is 0 Å². The molecule has 4 aromatic rings. The molecule has 4 aromatic carbocycles. The summed E-state index contributed by atoms with van der Waals surface area (Å²) in [6, 6.07) is 39.2. The van der Waals surface area contributed by atoms with Crippen LogP contribution >= 0.6 is 0 Å². The normalized spacial score (nSPS) is 11.9. The number of fused-ring (bicyclic) bond motifs is 3. The van der Waals surface area contributed by atoms with Crippen LogP contribution in [0.25, 0.3) is 11.1 Å².